The van der Waals surface area contributed by atoms with Gasteiger partial charge in [0, 0.05) is 10.7 Å². The van der Waals surface area contributed by atoms with Crippen molar-refractivity contribution in [2.75, 3.05) is 11.1 Å². The van der Waals surface area contributed by atoms with Gasteiger partial charge in [-0.2, -0.15) is 0 Å². The second-order valence-electron chi connectivity index (χ2n) is 4.63. The second kappa shape index (κ2) is 6.28. The molecule has 2 aromatic rings. The molecule has 0 fully saturated rings. The SMILES string of the molecule is Cc1ccc(NC(=O)CS(=O)(=O)c2ccc(Cl)cc2)cc1. The molecule has 0 saturated carbocycles. The zero-order valence-electron chi connectivity index (χ0n) is 11.3. The smallest absolute Gasteiger partial charge is 0.239 e. The van der Waals surface area contributed by atoms with Crippen LogP contribution in [0, 0.1) is 6.92 Å². The molecular weight excluding hydrogens is 310 g/mol. The molecule has 0 aromatic heterocycles. The van der Waals surface area contributed by atoms with Crippen LogP contribution in [0.5, 0.6) is 0 Å². The molecule has 2 rings (SSSR count). The third-order valence-electron chi connectivity index (χ3n) is 2.83. The Hall–Kier alpha value is -1.85. The molecular formula is C15H14ClNO3S. The van der Waals surface area contributed by atoms with Gasteiger partial charge in [-0.05, 0) is 43.3 Å². The van der Waals surface area contributed by atoms with Crippen LogP contribution in [0.25, 0.3) is 0 Å². The summed E-state index contributed by atoms with van der Waals surface area (Å²) < 4.78 is 24.2. The predicted octanol–water partition coefficient (Wildman–Crippen LogP) is 3.06. The standard InChI is InChI=1S/C15H14ClNO3S/c1-11-2-6-13(7-3-11)17-15(18)10-21(19,20)14-8-4-12(16)5-9-14/h2-9H,10H2,1H3,(H,17,18). The first-order chi connectivity index (χ1) is 9.87. The van der Waals surface area contributed by atoms with Crippen LogP contribution in [0.15, 0.2) is 53.4 Å². The molecule has 0 aliphatic carbocycles. The number of sulfone groups is 1. The van der Waals surface area contributed by atoms with Crippen LogP contribution >= 0.6 is 11.6 Å². The Kier molecular flexibility index (Phi) is 4.65. The molecule has 0 unspecified atom stereocenters. The number of rotatable bonds is 4. The minimum absolute atomic E-state index is 0.0750. The summed E-state index contributed by atoms with van der Waals surface area (Å²) >= 11 is 5.71. The number of amides is 1. The maximum atomic E-state index is 12.1. The zero-order chi connectivity index (χ0) is 15.5. The van der Waals surface area contributed by atoms with E-state index < -0.39 is 21.5 Å². The molecule has 21 heavy (non-hydrogen) atoms. The molecule has 0 radical (unpaired) electrons. The van der Waals surface area contributed by atoms with Gasteiger partial charge >= 0.3 is 0 Å². The number of anilines is 1. The van der Waals surface area contributed by atoms with E-state index in [9.17, 15) is 13.2 Å². The number of carbonyl (C=O) groups is 1. The third kappa shape index (κ3) is 4.31. The highest BCUT2D eigenvalue weighted by Crippen LogP contribution is 2.16. The van der Waals surface area contributed by atoms with E-state index in [0.717, 1.165) is 5.56 Å². The first-order valence-corrected chi connectivity index (χ1v) is 8.25. The largest absolute Gasteiger partial charge is 0.325 e. The van der Waals surface area contributed by atoms with Crippen LogP contribution in [0.1, 0.15) is 5.56 Å². The predicted molar refractivity (Wildman–Crippen MR) is 83.3 cm³/mol. The van der Waals surface area contributed by atoms with Gasteiger partial charge in [0.2, 0.25) is 5.91 Å². The topological polar surface area (TPSA) is 63.2 Å². The average molecular weight is 324 g/mol. The van der Waals surface area contributed by atoms with E-state index in [4.69, 9.17) is 11.6 Å². The number of hydrogen-bond acceptors (Lipinski definition) is 3. The molecule has 110 valence electrons. The van der Waals surface area contributed by atoms with Gasteiger partial charge in [-0.15, -0.1) is 0 Å². The third-order valence-corrected chi connectivity index (χ3v) is 4.71. The fraction of sp³-hybridized carbons (Fsp3) is 0.133. The van der Waals surface area contributed by atoms with E-state index in [1.54, 1.807) is 12.1 Å². The van der Waals surface area contributed by atoms with Gasteiger partial charge in [-0.1, -0.05) is 29.3 Å². The van der Waals surface area contributed by atoms with E-state index >= 15 is 0 Å². The van der Waals surface area contributed by atoms with Crippen molar-refractivity contribution < 1.29 is 13.2 Å². The van der Waals surface area contributed by atoms with Gasteiger partial charge in [0.05, 0.1) is 4.90 Å². The molecule has 0 aliphatic heterocycles. The quantitative estimate of drug-likeness (QED) is 0.940. The number of halogens is 1. The highest BCUT2D eigenvalue weighted by molar-refractivity contribution is 7.92. The van der Waals surface area contributed by atoms with Gasteiger partial charge < -0.3 is 5.32 Å². The Morgan fingerprint density at radius 1 is 1.05 bits per heavy atom. The summed E-state index contributed by atoms with van der Waals surface area (Å²) in [5.41, 5.74) is 1.62. The van der Waals surface area contributed by atoms with Gasteiger partial charge in [-0.3, -0.25) is 4.79 Å². The number of carbonyl (C=O) groups excluding carboxylic acids is 1. The number of aryl methyl sites for hydroxylation is 1. The minimum atomic E-state index is -3.68. The molecule has 6 heteroatoms. The van der Waals surface area contributed by atoms with Crippen molar-refractivity contribution in [3.8, 4) is 0 Å². The second-order valence-corrected chi connectivity index (χ2v) is 7.05. The average Bonchev–Trinajstić information content (AvgIpc) is 2.41. The molecule has 0 spiro atoms. The summed E-state index contributed by atoms with van der Waals surface area (Å²) in [6.07, 6.45) is 0. The van der Waals surface area contributed by atoms with E-state index in [1.807, 2.05) is 19.1 Å². The number of nitrogens with one attached hydrogen (secondary N) is 1. The van der Waals surface area contributed by atoms with Crippen molar-refractivity contribution in [3.05, 3.63) is 59.1 Å². The Bertz CT molecular complexity index is 737. The maximum absolute atomic E-state index is 12.1. The van der Waals surface area contributed by atoms with Crippen LogP contribution in [0.2, 0.25) is 5.02 Å². The lowest BCUT2D eigenvalue weighted by Crippen LogP contribution is -2.23. The maximum Gasteiger partial charge on any atom is 0.239 e. The van der Waals surface area contributed by atoms with E-state index in [2.05, 4.69) is 5.32 Å². The van der Waals surface area contributed by atoms with Gasteiger partial charge in [-0.25, -0.2) is 8.42 Å². The lowest BCUT2D eigenvalue weighted by Gasteiger charge is -2.07. The Labute approximate surface area is 128 Å². The molecule has 1 N–H and O–H groups in total. The van der Waals surface area contributed by atoms with Gasteiger partial charge in [0.1, 0.15) is 5.75 Å². The van der Waals surface area contributed by atoms with Crippen LogP contribution in [-0.4, -0.2) is 20.1 Å². The zero-order valence-corrected chi connectivity index (χ0v) is 12.9. The van der Waals surface area contributed by atoms with Crippen LogP contribution < -0.4 is 5.32 Å². The van der Waals surface area contributed by atoms with Crippen molar-refractivity contribution in [2.24, 2.45) is 0 Å². The summed E-state index contributed by atoms with van der Waals surface area (Å²) in [7, 11) is -3.68. The number of benzene rings is 2. The van der Waals surface area contributed by atoms with Crippen LogP contribution in [0.4, 0.5) is 5.69 Å². The van der Waals surface area contributed by atoms with Crippen molar-refractivity contribution in [3.63, 3.8) is 0 Å². The lowest BCUT2D eigenvalue weighted by atomic mass is 10.2. The molecule has 0 bridgehead atoms. The Morgan fingerprint density at radius 2 is 1.62 bits per heavy atom. The van der Waals surface area contributed by atoms with Crippen LogP contribution in [-0.2, 0) is 14.6 Å². The highest BCUT2D eigenvalue weighted by Gasteiger charge is 2.19. The molecule has 0 atom stereocenters. The first kappa shape index (κ1) is 15.5. The van der Waals surface area contributed by atoms with Crippen molar-refractivity contribution in [1.29, 1.82) is 0 Å². The molecule has 4 nitrogen and oxygen atoms in total. The summed E-state index contributed by atoms with van der Waals surface area (Å²) in [5, 5.41) is 3.00. The van der Waals surface area contributed by atoms with Crippen LogP contribution in [0.3, 0.4) is 0 Å². The summed E-state index contributed by atoms with van der Waals surface area (Å²) in [6.45, 7) is 1.93. The summed E-state index contributed by atoms with van der Waals surface area (Å²) in [6, 6.07) is 12.9. The molecule has 0 heterocycles. The fourth-order valence-electron chi connectivity index (χ4n) is 1.73. The van der Waals surface area contributed by atoms with Gasteiger partial charge in [0.25, 0.3) is 0 Å². The highest BCUT2D eigenvalue weighted by atomic mass is 35.5. The molecule has 0 saturated heterocycles. The Morgan fingerprint density at radius 3 is 2.19 bits per heavy atom. The fourth-order valence-corrected chi connectivity index (χ4v) is 2.99. The van der Waals surface area contributed by atoms with Crippen molar-refractivity contribution >= 4 is 33.0 Å². The first-order valence-electron chi connectivity index (χ1n) is 6.22. The Balaban J connectivity index is 2.07. The summed E-state index contributed by atoms with van der Waals surface area (Å²) in [4.78, 5) is 11.9. The monoisotopic (exact) mass is 323 g/mol. The van der Waals surface area contributed by atoms with Gasteiger partial charge in [0.15, 0.2) is 9.84 Å². The van der Waals surface area contributed by atoms with E-state index in [1.165, 1.54) is 24.3 Å². The molecule has 2 aromatic carbocycles. The summed E-state index contributed by atoms with van der Waals surface area (Å²) in [5.74, 6) is -1.18. The normalized spacial score (nSPS) is 11.1. The van der Waals surface area contributed by atoms with E-state index in [0.29, 0.717) is 10.7 Å². The van der Waals surface area contributed by atoms with Crippen molar-refractivity contribution in [1.82, 2.24) is 0 Å². The lowest BCUT2D eigenvalue weighted by molar-refractivity contribution is -0.113. The molecule has 1 amide bonds. The number of hydrogen-bond donors (Lipinski definition) is 1. The van der Waals surface area contributed by atoms with E-state index in [-0.39, 0.29) is 4.90 Å². The van der Waals surface area contributed by atoms with Crippen molar-refractivity contribution in [2.45, 2.75) is 11.8 Å². The molecule has 0 aliphatic rings. The minimum Gasteiger partial charge on any atom is -0.325 e.